The van der Waals surface area contributed by atoms with Gasteiger partial charge in [-0.05, 0) is 42.7 Å². The van der Waals surface area contributed by atoms with Crippen LogP contribution < -0.4 is 10.1 Å². The summed E-state index contributed by atoms with van der Waals surface area (Å²) in [6.45, 7) is 5.25. The number of ether oxygens (including phenoxy) is 1. The van der Waals surface area contributed by atoms with E-state index >= 15 is 0 Å². The highest BCUT2D eigenvalue weighted by molar-refractivity contribution is 6.08. The van der Waals surface area contributed by atoms with Crippen LogP contribution in [0.4, 0.5) is 18.0 Å². The minimum Gasteiger partial charge on any atom is -0.425 e. The minimum absolute atomic E-state index is 0.178. The SMILES string of the molecule is CC1CC(C)(C)CC2(C1)NC(=O)N(CC(=O)Oc1ccccc1C(F)(F)F)C2=O. The normalized spacial score (nSPS) is 26.6. The third kappa shape index (κ3) is 4.23. The van der Waals surface area contributed by atoms with E-state index in [-0.39, 0.29) is 11.3 Å². The number of alkyl halides is 3. The van der Waals surface area contributed by atoms with Crippen LogP contribution in [0.1, 0.15) is 45.6 Å². The maximum atomic E-state index is 13.1. The fourth-order valence-corrected chi connectivity index (χ4v) is 4.72. The lowest BCUT2D eigenvalue weighted by Crippen LogP contribution is -2.54. The molecule has 2 fully saturated rings. The van der Waals surface area contributed by atoms with Crippen LogP contribution in [0.5, 0.6) is 5.75 Å². The number of para-hydroxylation sites is 1. The van der Waals surface area contributed by atoms with Crippen molar-refractivity contribution >= 4 is 17.9 Å². The van der Waals surface area contributed by atoms with Gasteiger partial charge in [0.2, 0.25) is 0 Å². The molecule has 1 saturated heterocycles. The fourth-order valence-electron chi connectivity index (χ4n) is 4.72. The molecule has 0 aromatic heterocycles. The summed E-state index contributed by atoms with van der Waals surface area (Å²) in [7, 11) is 0. The number of benzene rings is 1. The zero-order chi connectivity index (χ0) is 21.6. The molecule has 3 amide bonds. The van der Waals surface area contributed by atoms with E-state index in [0.29, 0.717) is 12.8 Å². The van der Waals surface area contributed by atoms with Crippen LogP contribution in [0.15, 0.2) is 24.3 Å². The molecule has 1 aromatic rings. The average Bonchev–Trinajstić information content (AvgIpc) is 2.76. The van der Waals surface area contributed by atoms with Crippen LogP contribution in [-0.4, -0.2) is 34.9 Å². The van der Waals surface area contributed by atoms with Crippen molar-refractivity contribution in [1.82, 2.24) is 10.2 Å². The lowest BCUT2D eigenvalue weighted by Gasteiger charge is -2.43. The van der Waals surface area contributed by atoms with Crippen molar-refractivity contribution in [2.24, 2.45) is 11.3 Å². The van der Waals surface area contributed by atoms with E-state index in [9.17, 15) is 27.6 Å². The number of nitrogens with one attached hydrogen (secondary N) is 1. The molecule has 1 saturated carbocycles. The molecule has 29 heavy (non-hydrogen) atoms. The highest BCUT2D eigenvalue weighted by atomic mass is 19.4. The number of carbonyl (C=O) groups excluding carboxylic acids is 3. The van der Waals surface area contributed by atoms with Crippen LogP contribution in [0.3, 0.4) is 0 Å². The third-order valence-electron chi connectivity index (χ3n) is 5.33. The Morgan fingerprint density at radius 2 is 1.90 bits per heavy atom. The predicted molar refractivity (Wildman–Crippen MR) is 96.9 cm³/mol. The first kappa shape index (κ1) is 21.1. The van der Waals surface area contributed by atoms with E-state index in [1.165, 1.54) is 12.1 Å². The molecule has 1 aromatic carbocycles. The highest BCUT2D eigenvalue weighted by Gasteiger charge is 2.56. The summed E-state index contributed by atoms with van der Waals surface area (Å²) in [4.78, 5) is 38.4. The first-order valence-corrected chi connectivity index (χ1v) is 9.34. The summed E-state index contributed by atoms with van der Waals surface area (Å²) in [5.41, 5.74) is -2.38. The van der Waals surface area contributed by atoms with Crippen LogP contribution in [-0.2, 0) is 15.8 Å². The van der Waals surface area contributed by atoms with Crippen molar-refractivity contribution in [1.29, 1.82) is 0 Å². The van der Waals surface area contributed by atoms with Gasteiger partial charge in [-0.15, -0.1) is 0 Å². The standard InChI is InChI=1S/C20H23F3N2O4/c1-12-8-18(2,3)11-19(9-12)16(27)25(17(28)24-19)10-15(26)29-14-7-5-4-6-13(14)20(21,22)23/h4-7,12H,8-11H2,1-3H3,(H,24,28). The number of hydrogen-bond donors (Lipinski definition) is 1. The Hall–Kier alpha value is -2.58. The highest BCUT2D eigenvalue weighted by Crippen LogP contribution is 2.46. The van der Waals surface area contributed by atoms with Gasteiger partial charge < -0.3 is 10.1 Å². The molecule has 6 nitrogen and oxygen atoms in total. The second-order valence-electron chi connectivity index (χ2n) is 8.73. The Bertz CT molecular complexity index is 852. The van der Waals surface area contributed by atoms with E-state index in [4.69, 9.17) is 4.74 Å². The summed E-state index contributed by atoms with van der Waals surface area (Å²) in [6.07, 6.45) is -2.93. The number of halogens is 3. The molecule has 1 heterocycles. The van der Waals surface area contributed by atoms with E-state index < -0.39 is 47.5 Å². The summed E-state index contributed by atoms with van der Waals surface area (Å²) in [5, 5.41) is 2.71. The van der Waals surface area contributed by atoms with Gasteiger partial charge >= 0.3 is 18.2 Å². The molecule has 9 heteroatoms. The van der Waals surface area contributed by atoms with Gasteiger partial charge in [-0.25, -0.2) is 9.59 Å². The molecule has 2 atom stereocenters. The summed E-state index contributed by atoms with van der Waals surface area (Å²) in [5.74, 6) is -2.14. The Morgan fingerprint density at radius 3 is 2.52 bits per heavy atom. The number of rotatable bonds is 3. The predicted octanol–water partition coefficient (Wildman–Crippen LogP) is 3.75. The number of amides is 3. The largest absolute Gasteiger partial charge is 0.425 e. The lowest BCUT2D eigenvalue weighted by molar-refractivity contribution is -0.145. The quantitative estimate of drug-likeness (QED) is 0.466. The smallest absolute Gasteiger partial charge is 0.419 e. The first-order valence-electron chi connectivity index (χ1n) is 9.34. The molecule has 1 aliphatic carbocycles. The number of esters is 1. The lowest BCUT2D eigenvalue weighted by atomic mass is 9.64. The molecule has 1 spiro atoms. The van der Waals surface area contributed by atoms with Gasteiger partial charge in [-0.3, -0.25) is 9.69 Å². The van der Waals surface area contributed by atoms with Crippen molar-refractivity contribution in [2.45, 2.75) is 51.7 Å². The number of carbonyl (C=O) groups is 3. The number of imide groups is 1. The van der Waals surface area contributed by atoms with Crippen molar-refractivity contribution < 1.29 is 32.3 Å². The summed E-state index contributed by atoms with van der Waals surface area (Å²) in [6, 6.07) is 3.54. The Kier molecular flexibility index (Phi) is 5.13. The number of nitrogens with zero attached hydrogens (tertiary/aromatic N) is 1. The van der Waals surface area contributed by atoms with Gasteiger partial charge in [0, 0.05) is 0 Å². The van der Waals surface area contributed by atoms with Crippen molar-refractivity contribution in [3.63, 3.8) is 0 Å². The molecule has 2 aliphatic rings. The van der Waals surface area contributed by atoms with Gasteiger partial charge in [0.15, 0.2) is 0 Å². The molecular weight excluding hydrogens is 389 g/mol. The van der Waals surface area contributed by atoms with Crippen molar-refractivity contribution in [3.05, 3.63) is 29.8 Å². The molecule has 1 N–H and O–H groups in total. The minimum atomic E-state index is -4.70. The van der Waals surface area contributed by atoms with Crippen LogP contribution in [0.2, 0.25) is 0 Å². The molecule has 1 aliphatic heterocycles. The molecule has 158 valence electrons. The monoisotopic (exact) mass is 412 g/mol. The molecular formula is C20H23F3N2O4. The van der Waals surface area contributed by atoms with Crippen molar-refractivity contribution in [3.8, 4) is 5.75 Å². The van der Waals surface area contributed by atoms with Gasteiger partial charge in [0.1, 0.15) is 17.8 Å². The maximum absolute atomic E-state index is 13.1. The van der Waals surface area contributed by atoms with Crippen molar-refractivity contribution in [2.75, 3.05) is 6.54 Å². The van der Waals surface area contributed by atoms with E-state index in [2.05, 4.69) is 5.32 Å². The zero-order valence-corrected chi connectivity index (χ0v) is 16.4. The van der Waals surface area contributed by atoms with Crippen LogP contribution in [0, 0.1) is 11.3 Å². The average molecular weight is 412 g/mol. The van der Waals surface area contributed by atoms with Gasteiger partial charge in [-0.1, -0.05) is 32.9 Å². The van der Waals surface area contributed by atoms with Gasteiger partial charge in [-0.2, -0.15) is 13.2 Å². The van der Waals surface area contributed by atoms with Crippen LogP contribution in [0.25, 0.3) is 0 Å². The second-order valence-corrected chi connectivity index (χ2v) is 8.73. The summed E-state index contributed by atoms with van der Waals surface area (Å²) >= 11 is 0. The van der Waals surface area contributed by atoms with Crippen LogP contribution >= 0.6 is 0 Å². The topological polar surface area (TPSA) is 75.7 Å². The first-order chi connectivity index (χ1) is 13.3. The zero-order valence-electron chi connectivity index (χ0n) is 16.4. The molecule has 2 unspecified atom stereocenters. The van der Waals surface area contributed by atoms with E-state index in [0.717, 1.165) is 23.5 Å². The second kappa shape index (κ2) is 7.03. The van der Waals surface area contributed by atoms with E-state index in [1.54, 1.807) is 0 Å². The summed E-state index contributed by atoms with van der Waals surface area (Å²) < 4.78 is 44.0. The van der Waals surface area contributed by atoms with Gasteiger partial charge in [0.05, 0.1) is 5.56 Å². The Morgan fingerprint density at radius 1 is 1.24 bits per heavy atom. The Labute approximate surface area is 166 Å². The number of hydrogen-bond acceptors (Lipinski definition) is 4. The molecule has 0 bridgehead atoms. The van der Waals surface area contributed by atoms with Gasteiger partial charge in [0.25, 0.3) is 5.91 Å². The fraction of sp³-hybridized carbons (Fsp3) is 0.550. The Balaban J connectivity index is 1.75. The molecule has 3 rings (SSSR count). The van der Waals surface area contributed by atoms with E-state index in [1.807, 2.05) is 20.8 Å². The third-order valence-corrected chi connectivity index (χ3v) is 5.33. The molecule has 0 radical (unpaired) electrons. The number of urea groups is 1. The maximum Gasteiger partial charge on any atom is 0.419 e.